The number of aromatic nitrogens is 1. The normalized spacial score (nSPS) is 16.6. The smallest absolute Gasteiger partial charge is 0.191 e. The summed E-state index contributed by atoms with van der Waals surface area (Å²) in [5.74, 6) is 2.07. The van der Waals surface area contributed by atoms with Crippen LogP contribution in [0.3, 0.4) is 0 Å². The van der Waals surface area contributed by atoms with E-state index >= 15 is 0 Å². The highest BCUT2D eigenvalue weighted by molar-refractivity contribution is 5.79. The van der Waals surface area contributed by atoms with Crippen LogP contribution in [0.15, 0.2) is 39.8 Å². The molecule has 0 bridgehead atoms. The number of nitrogens with zero attached hydrogens (tertiary/aromatic N) is 2. The molecule has 1 saturated heterocycles. The number of rotatable bonds is 8. The van der Waals surface area contributed by atoms with Gasteiger partial charge in [-0.2, -0.15) is 0 Å². The Morgan fingerprint density at radius 3 is 2.57 bits per heavy atom. The summed E-state index contributed by atoms with van der Waals surface area (Å²) in [6, 6.07) is 10.7. The first-order valence-corrected chi connectivity index (χ1v) is 11.2. The molecule has 2 heterocycles. The van der Waals surface area contributed by atoms with Gasteiger partial charge in [0.05, 0.1) is 12.2 Å². The fourth-order valence-corrected chi connectivity index (χ4v) is 4.43. The quantitative estimate of drug-likeness (QED) is 0.500. The molecule has 1 aromatic carbocycles. The first-order valence-electron chi connectivity index (χ1n) is 11.2. The third-order valence-corrected chi connectivity index (χ3v) is 6.40. The molecule has 164 valence electrons. The van der Waals surface area contributed by atoms with E-state index in [0.717, 1.165) is 62.9 Å². The minimum atomic E-state index is 0.0517. The van der Waals surface area contributed by atoms with Crippen molar-refractivity contribution in [3.8, 4) is 0 Å². The van der Waals surface area contributed by atoms with Crippen LogP contribution in [0.1, 0.15) is 68.0 Å². The lowest BCUT2D eigenvalue weighted by Crippen LogP contribution is -2.48. The van der Waals surface area contributed by atoms with Crippen LogP contribution >= 0.6 is 0 Å². The number of nitrogens with one attached hydrogen (secondary N) is 2. The van der Waals surface area contributed by atoms with Gasteiger partial charge in [-0.25, -0.2) is 0 Å². The summed E-state index contributed by atoms with van der Waals surface area (Å²) in [5, 5.41) is 11.2. The zero-order valence-corrected chi connectivity index (χ0v) is 18.8. The predicted molar refractivity (Wildman–Crippen MR) is 121 cm³/mol. The second-order valence-electron chi connectivity index (χ2n) is 8.22. The molecule has 2 N–H and O–H groups in total. The summed E-state index contributed by atoms with van der Waals surface area (Å²) >= 11 is 0. The molecule has 30 heavy (non-hydrogen) atoms. The highest BCUT2D eigenvalue weighted by Crippen LogP contribution is 2.36. The van der Waals surface area contributed by atoms with Gasteiger partial charge in [-0.3, -0.25) is 4.99 Å². The monoisotopic (exact) mass is 412 g/mol. The zero-order chi connectivity index (χ0) is 21.4. The summed E-state index contributed by atoms with van der Waals surface area (Å²) in [5.41, 5.74) is 3.83. The Morgan fingerprint density at radius 2 is 1.90 bits per heavy atom. The van der Waals surface area contributed by atoms with Gasteiger partial charge in [0, 0.05) is 44.2 Å². The number of ether oxygens (including phenoxy) is 1. The summed E-state index contributed by atoms with van der Waals surface area (Å²) in [6.45, 7) is 9.53. The van der Waals surface area contributed by atoms with Crippen LogP contribution < -0.4 is 10.6 Å². The number of benzene rings is 1. The highest BCUT2D eigenvalue weighted by Gasteiger charge is 2.35. The molecule has 6 nitrogen and oxygen atoms in total. The number of hydrogen-bond acceptors (Lipinski definition) is 4. The lowest BCUT2D eigenvalue weighted by atomic mass is 9.72. The van der Waals surface area contributed by atoms with Gasteiger partial charge < -0.3 is 19.9 Å². The van der Waals surface area contributed by atoms with Gasteiger partial charge in [-0.05, 0) is 43.7 Å². The largest absolute Gasteiger partial charge is 0.381 e. The molecule has 1 aromatic heterocycles. The summed E-state index contributed by atoms with van der Waals surface area (Å²) in [7, 11) is 1.80. The minimum Gasteiger partial charge on any atom is -0.381 e. The minimum absolute atomic E-state index is 0.0517. The number of aryl methyl sites for hydroxylation is 1. The van der Waals surface area contributed by atoms with Crippen molar-refractivity contribution < 1.29 is 9.26 Å². The van der Waals surface area contributed by atoms with Crippen molar-refractivity contribution in [2.24, 2.45) is 4.99 Å². The molecule has 1 aliphatic heterocycles. The molecule has 1 fully saturated rings. The number of guanidine groups is 1. The second-order valence-corrected chi connectivity index (χ2v) is 8.22. The van der Waals surface area contributed by atoms with E-state index in [1.54, 1.807) is 7.05 Å². The molecule has 2 aromatic rings. The molecule has 0 saturated carbocycles. The summed E-state index contributed by atoms with van der Waals surface area (Å²) in [4.78, 5) is 4.41. The molecule has 0 spiro atoms. The van der Waals surface area contributed by atoms with E-state index in [9.17, 15) is 0 Å². The maximum absolute atomic E-state index is 5.67. The fourth-order valence-electron chi connectivity index (χ4n) is 4.43. The Balaban J connectivity index is 1.63. The van der Waals surface area contributed by atoms with E-state index in [-0.39, 0.29) is 5.41 Å². The van der Waals surface area contributed by atoms with E-state index in [1.807, 2.05) is 0 Å². The number of aliphatic imine (C=N–C) groups is 1. The average molecular weight is 413 g/mol. The molecule has 6 heteroatoms. The van der Waals surface area contributed by atoms with Gasteiger partial charge in [0.2, 0.25) is 0 Å². The third-order valence-electron chi connectivity index (χ3n) is 6.40. The topological polar surface area (TPSA) is 71.7 Å². The van der Waals surface area contributed by atoms with Gasteiger partial charge in [0.25, 0.3) is 0 Å². The third kappa shape index (κ3) is 5.22. The number of hydrogen-bond donors (Lipinski definition) is 2. The lowest BCUT2D eigenvalue weighted by Gasteiger charge is -2.39. The molecule has 0 unspecified atom stereocenters. The van der Waals surface area contributed by atoms with Crippen molar-refractivity contribution in [1.82, 2.24) is 15.8 Å². The lowest BCUT2D eigenvalue weighted by molar-refractivity contribution is 0.0512. The Kier molecular flexibility index (Phi) is 7.91. The summed E-state index contributed by atoms with van der Waals surface area (Å²) in [6.07, 6.45) is 4.15. The van der Waals surface area contributed by atoms with Crippen molar-refractivity contribution in [1.29, 1.82) is 0 Å². The summed E-state index contributed by atoms with van der Waals surface area (Å²) < 4.78 is 11.2. The maximum atomic E-state index is 5.67. The van der Waals surface area contributed by atoms with Crippen LogP contribution in [0.25, 0.3) is 0 Å². The van der Waals surface area contributed by atoms with Crippen molar-refractivity contribution in [3.05, 3.63) is 52.9 Å². The van der Waals surface area contributed by atoms with Crippen LogP contribution in [0.2, 0.25) is 0 Å². The standard InChI is InChI=1S/C24H36N4O2/c1-5-19(6-2)22-15-20(30-28-22)16-26-23(25-4)27-17-24(11-13-29-14-12-24)21-10-8-7-9-18(21)3/h7-10,15,19H,5-6,11-14,16-17H2,1-4H3,(H2,25,26,27). The Bertz CT molecular complexity index is 820. The van der Waals surface area contributed by atoms with E-state index in [0.29, 0.717) is 12.5 Å². The first kappa shape index (κ1) is 22.3. The van der Waals surface area contributed by atoms with Crippen LogP contribution in [0, 0.1) is 6.92 Å². The van der Waals surface area contributed by atoms with Crippen LogP contribution in [-0.4, -0.2) is 37.9 Å². The van der Waals surface area contributed by atoms with Crippen LogP contribution in [0.5, 0.6) is 0 Å². The van der Waals surface area contributed by atoms with Gasteiger partial charge in [0.15, 0.2) is 11.7 Å². The van der Waals surface area contributed by atoms with Crippen molar-refractivity contribution >= 4 is 5.96 Å². The van der Waals surface area contributed by atoms with E-state index < -0.39 is 0 Å². The SMILES string of the molecule is CCC(CC)c1cc(CNC(=NC)NCC2(c3ccccc3C)CCOCC2)on1. The molecule has 0 amide bonds. The Labute approximate surface area is 180 Å². The first-order chi connectivity index (χ1) is 14.6. The van der Waals surface area contributed by atoms with Crippen molar-refractivity contribution in [3.63, 3.8) is 0 Å². The van der Waals surface area contributed by atoms with Crippen LogP contribution in [0.4, 0.5) is 0 Å². The highest BCUT2D eigenvalue weighted by atomic mass is 16.5. The Morgan fingerprint density at radius 1 is 1.17 bits per heavy atom. The fraction of sp³-hybridized carbons (Fsp3) is 0.583. The second kappa shape index (κ2) is 10.6. The van der Waals surface area contributed by atoms with Crippen LogP contribution in [-0.2, 0) is 16.7 Å². The molecule has 1 aliphatic rings. The molecular formula is C24H36N4O2. The average Bonchev–Trinajstić information content (AvgIpc) is 3.24. The van der Waals surface area contributed by atoms with Crippen molar-refractivity contribution in [2.75, 3.05) is 26.8 Å². The molecule has 0 radical (unpaired) electrons. The van der Waals surface area contributed by atoms with Gasteiger partial charge in [-0.1, -0.05) is 43.3 Å². The van der Waals surface area contributed by atoms with Gasteiger partial charge in [0.1, 0.15) is 0 Å². The van der Waals surface area contributed by atoms with Crippen molar-refractivity contribution in [2.45, 2.75) is 64.3 Å². The van der Waals surface area contributed by atoms with E-state index in [4.69, 9.17) is 9.26 Å². The molecule has 0 atom stereocenters. The molecular weight excluding hydrogens is 376 g/mol. The van der Waals surface area contributed by atoms with E-state index in [2.05, 4.69) is 71.9 Å². The van der Waals surface area contributed by atoms with Gasteiger partial charge in [-0.15, -0.1) is 0 Å². The maximum Gasteiger partial charge on any atom is 0.191 e. The van der Waals surface area contributed by atoms with E-state index in [1.165, 1.54) is 11.1 Å². The Hall–Kier alpha value is -2.34. The zero-order valence-electron chi connectivity index (χ0n) is 18.8. The van der Waals surface area contributed by atoms with Gasteiger partial charge >= 0.3 is 0 Å². The molecule has 3 rings (SSSR count). The predicted octanol–water partition coefficient (Wildman–Crippen LogP) is 4.30. The molecule has 0 aliphatic carbocycles.